The van der Waals surface area contributed by atoms with Crippen LogP contribution in [-0.4, -0.2) is 11.7 Å². The molecule has 4 aliphatic carbocycles. The quantitative estimate of drug-likeness (QED) is 0.730. The Morgan fingerprint density at radius 3 is 2.60 bits per heavy atom. The first-order chi connectivity index (χ1) is 9.70. The molecule has 0 aromatic carbocycles. The fourth-order valence-corrected chi connectivity index (χ4v) is 7.37. The van der Waals surface area contributed by atoms with Crippen LogP contribution in [0.5, 0.6) is 0 Å². The number of hydrogen-bond donors (Lipinski definition) is 1. The normalized spacial score (nSPS) is 54.9. The number of aliphatic hydroxyl groups is 1. The van der Waals surface area contributed by atoms with E-state index in [0.717, 1.165) is 23.7 Å². The van der Waals surface area contributed by atoms with Gasteiger partial charge in [-0.1, -0.05) is 26.2 Å². The van der Waals surface area contributed by atoms with E-state index >= 15 is 0 Å². The first-order valence-electron chi connectivity index (χ1n) is 9.30. The minimum atomic E-state index is 0.338. The lowest BCUT2D eigenvalue weighted by molar-refractivity contribution is -0.134. The fraction of sp³-hybridized carbons (Fsp3) is 1.00. The Kier molecular flexibility index (Phi) is 3.22. The van der Waals surface area contributed by atoms with Crippen molar-refractivity contribution in [2.24, 2.45) is 34.5 Å². The van der Waals surface area contributed by atoms with Crippen molar-refractivity contribution in [2.75, 3.05) is 6.61 Å². The van der Waals surface area contributed by atoms with Gasteiger partial charge in [0.15, 0.2) is 0 Å². The second-order valence-corrected chi connectivity index (χ2v) is 8.87. The lowest BCUT2D eigenvalue weighted by atomic mass is 9.45. The van der Waals surface area contributed by atoms with Gasteiger partial charge in [-0.3, -0.25) is 0 Å². The molecular weight excluding hydrogens is 244 g/mol. The molecule has 4 fully saturated rings. The third-order valence-electron chi connectivity index (χ3n) is 8.36. The van der Waals surface area contributed by atoms with Crippen molar-refractivity contribution in [3.63, 3.8) is 0 Å². The highest BCUT2D eigenvalue weighted by atomic mass is 16.3. The molecule has 0 aromatic rings. The van der Waals surface area contributed by atoms with E-state index in [1.54, 1.807) is 0 Å². The first kappa shape index (κ1) is 13.6. The van der Waals surface area contributed by atoms with E-state index in [0.29, 0.717) is 17.4 Å². The van der Waals surface area contributed by atoms with Gasteiger partial charge in [0.1, 0.15) is 0 Å². The van der Waals surface area contributed by atoms with Crippen molar-refractivity contribution in [3.8, 4) is 0 Å². The standard InChI is InChI=1S/C19H32O/c1-18-10-4-6-16(18)15-8-7-14-5-2-3-11-19(14,13-20)17(15)9-12-18/h14-17,20H,2-13H2,1H3/t14-,15+,16+,17+,18+,19-/m1/s1. The summed E-state index contributed by atoms with van der Waals surface area (Å²) in [6.07, 6.45) is 15.8. The molecule has 4 aliphatic rings. The van der Waals surface area contributed by atoms with Crippen LogP contribution in [0.2, 0.25) is 0 Å². The van der Waals surface area contributed by atoms with Crippen molar-refractivity contribution in [1.29, 1.82) is 0 Å². The Morgan fingerprint density at radius 2 is 1.75 bits per heavy atom. The Morgan fingerprint density at radius 1 is 0.850 bits per heavy atom. The van der Waals surface area contributed by atoms with Crippen LogP contribution < -0.4 is 0 Å². The van der Waals surface area contributed by atoms with Crippen molar-refractivity contribution in [1.82, 2.24) is 0 Å². The smallest absolute Gasteiger partial charge is 0.0492 e. The fourth-order valence-electron chi connectivity index (χ4n) is 7.37. The number of aliphatic hydroxyl groups excluding tert-OH is 1. The summed E-state index contributed by atoms with van der Waals surface area (Å²) in [6.45, 7) is 3.07. The summed E-state index contributed by atoms with van der Waals surface area (Å²) in [5.74, 6) is 3.67. The highest BCUT2D eigenvalue weighted by Crippen LogP contribution is 2.66. The zero-order valence-electron chi connectivity index (χ0n) is 13.2. The minimum Gasteiger partial charge on any atom is -0.396 e. The molecule has 0 aromatic heterocycles. The number of hydrogen-bond acceptors (Lipinski definition) is 1. The molecule has 1 N–H and O–H groups in total. The molecule has 0 amide bonds. The van der Waals surface area contributed by atoms with Crippen LogP contribution in [0.15, 0.2) is 0 Å². The summed E-state index contributed by atoms with van der Waals surface area (Å²) in [5, 5.41) is 10.3. The second-order valence-electron chi connectivity index (χ2n) is 8.87. The van der Waals surface area contributed by atoms with E-state index < -0.39 is 0 Å². The maximum atomic E-state index is 10.3. The van der Waals surface area contributed by atoms with Crippen LogP contribution in [0, 0.1) is 34.5 Å². The van der Waals surface area contributed by atoms with E-state index in [9.17, 15) is 5.11 Å². The molecular formula is C19H32O. The lowest BCUT2D eigenvalue weighted by Crippen LogP contribution is -2.54. The van der Waals surface area contributed by atoms with Crippen molar-refractivity contribution < 1.29 is 5.11 Å². The highest BCUT2D eigenvalue weighted by Gasteiger charge is 2.58. The lowest BCUT2D eigenvalue weighted by Gasteiger charge is -2.60. The molecule has 0 unspecified atom stereocenters. The number of rotatable bonds is 1. The summed E-state index contributed by atoms with van der Waals surface area (Å²) in [4.78, 5) is 0. The van der Waals surface area contributed by atoms with Gasteiger partial charge in [-0.25, -0.2) is 0 Å². The molecule has 0 bridgehead atoms. The van der Waals surface area contributed by atoms with Crippen molar-refractivity contribution in [2.45, 2.75) is 77.6 Å². The largest absolute Gasteiger partial charge is 0.396 e. The van der Waals surface area contributed by atoms with Gasteiger partial charge in [0.2, 0.25) is 0 Å². The predicted octanol–water partition coefficient (Wildman–Crippen LogP) is 4.78. The highest BCUT2D eigenvalue weighted by molar-refractivity contribution is 5.07. The average Bonchev–Trinajstić information content (AvgIpc) is 2.88. The van der Waals surface area contributed by atoms with Crippen LogP contribution in [0.25, 0.3) is 0 Å². The molecule has 4 rings (SSSR count). The van der Waals surface area contributed by atoms with Gasteiger partial charge < -0.3 is 5.11 Å². The summed E-state index contributed by atoms with van der Waals surface area (Å²) in [6, 6.07) is 0. The van der Waals surface area contributed by atoms with E-state index in [-0.39, 0.29) is 0 Å². The van der Waals surface area contributed by atoms with Gasteiger partial charge in [-0.05, 0) is 85.9 Å². The summed E-state index contributed by atoms with van der Waals surface area (Å²) < 4.78 is 0. The van der Waals surface area contributed by atoms with Gasteiger partial charge >= 0.3 is 0 Å². The third kappa shape index (κ3) is 1.71. The Labute approximate surface area is 124 Å². The molecule has 1 nitrogen and oxygen atoms in total. The molecule has 0 heterocycles. The van der Waals surface area contributed by atoms with Gasteiger partial charge in [0.05, 0.1) is 0 Å². The summed E-state index contributed by atoms with van der Waals surface area (Å²) in [5.41, 5.74) is 1.00. The topological polar surface area (TPSA) is 20.2 Å². The predicted molar refractivity (Wildman–Crippen MR) is 82.4 cm³/mol. The summed E-state index contributed by atoms with van der Waals surface area (Å²) in [7, 11) is 0. The zero-order valence-corrected chi connectivity index (χ0v) is 13.2. The molecule has 0 radical (unpaired) electrons. The Bertz CT molecular complexity index is 378. The second kappa shape index (κ2) is 4.73. The van der Waals surface area contributed by atoms with Crippen LogP contribution in [0.3, 0.4) is 0 Å². The van der Waals surface area contributed by atoms with Crippen LogP contribution >= 0.6 is 0 Å². The minimum absolute atomic E-state index is 0.338. The van der Waals surface area contributed by atoms with E-state index in [1.165, 1.54) is 70.6 Å². The Balaban J connectivity index is 1.66. The first-order valence-corrected chi connectivity index (χ1v) is 9.30. The molecule has 0 spiro atoms. The van der Waals surface area contributed by atoms with Gasteiger partial charge in [0.25, 0.3) is 0 Å². The van der Waals surface area contributed by atoms with Gasteiger partial charge in [-0.15, -0.1) is 0 Å². The van der Waals surface area contributed by atoms with E-state index in [1.807, 2.05) is 0 Å². The molecule has 114 valence electrons. The maximum absolute atomic E-state index is 10.3. The van der Waals surface area contributed by atoms with E-state index in [2.05, 4.69) is 6.92 Å². The maximum Gasteiger partial charge on any atom is 0.0492 e. The van der Waals surface area contributed by atoms with Gasteiger partial charge in [-0.2, -0.15) is 0 Å². The third-order valence-corrected chi connectivity index (χ3v) is 8.36. The Hall–Kier alpha value is -0.0400. The monoisotopic (exact) mass is 276 g/mol. The van der Waals surface area contributed by atoms with Crippen molar-refractivity contribution >= 4 is 0 Å². The molecule has 20 heavy (non-hydrogen) atoms. The van der Waals surface area contributed by atoms with E-state index in [4.69, 9.17) is 0 Å². The number of fused-ring (bicyclic) bond motifs is 5. The molecule has 1 heteroatoms. The zero-order chi connectivity index (χ0) is 13.8. The van der Waals surface area contributed by atoms with Crippen LogP contribution in [0.4, 0.5) is 0 Å². The van der Waals surface area contributed by atoms with Crippen LogP contribution in [-0.2, 0) is 0 Å². The molecule has 6 atom stereocenters. The molecule has 4 saturated carbocycles. The van der Waals surface area contributed by atoms with Crippen LogP contribution in [0.1, 0.15) is 77.6 Å². The van der Waals surface area contributed by atoms with Crippen molar-refractivity contribution in [3.05, 3.63) is 0 Å². The SMILES string of the molecule is C[C@@]12CCC[C@H]1[C@@H]1CC[C@H]3CCCC[C@]3(CO)[C@H]1CC2. The molecule has 0 aliphatic heterocycles. The molecule has 0 saturated heterocycles. The van der Waals surface area contributed by atoms with Gasteiger partial charge in [0, 0.05) is 6.61 Å². The summed E-state index contributed by atoms with van der Waals surface area (Å²) >= 11 is 0. The average molecular weight is 276 g/mol.